The van der Waals surface area contributed by atoms with E-state index in [1.54, 1.807) is 47.4 Å². The Morgan fingerprint density at radius 3 is 2.29 bits per heavy atom. The molecule has 0 bridgehead atoms. The molecule has 0 radical (unpaired) electrons. The predicted molar refractivity (Wildman–Crippen MR) is 130 cm³/mol. The Labute approximate surface area is 204 Å². The van der Waals surface area contributed by atoms with E-state index < -0.39 is 10.0 Å². The zero-order valence-corrected chi connectivity index (χ0v) is 20.1. The van der Waals surface area contributed by atoms with Crippen molar-refractivity contribution in [3.63, 3.8) is 0 Å². The molecule has 184 valence electrons. The van der Waals surface area contributed by atoms with Crippen molar-refractivity contribution in [1.82, 2.24) is 10.2 Å². The lowest BCUT2D eigenvalue weighted by atomic mass is 10.0. The van der Waals surface area contributed by atoms with Crippen molar-refractivity contribution in [2.24, 2.45) is 0 Å². The molecule has 35 heavy (non-hydrogen) atoms. The first-order chi connectivity index (χ1) is 16.9. The van der Waals surface area contributed by atoms with Crippen molar-refractivity contribution < 1.29 is 27.2 Å². The molecule has 2 aromatic carbocycles. The number of amides is 2. The van der Waals surface area contributed by atoms with E-state index in [2.05, 4.69) is 10.0 Å². The second kappa shape index (κ2) is 10.6. The molecule has 2 amide bonds. The average molecular weight is 498 g/mol. The summed E-state index contributed by atoms with van der Waals surface area (Å²) in [6.45, 7) is 3.43. The minimum absolute atomic E-state index is 0.0475. The van der Waals surface area contributed by atoms with Crippen LogP contribution in [0.5, 0.6) is 5.75 Å². The number of benzene rings is 2. The van der Waals surface area contributed by atoms with E-state index >= 15 is 0 Å². The number of rotatable bonds is 8. The molecular weight excluding hydrogens is 470 g/mol. The van der Waals surface area contributed by atoms with Crippen molar-refractivity contribution in [3.05, 3.63) is 78.3 Å². The van der Waals surface area contributed by atoms with Gasteiger partial charge in [-0.3, -0.25) is 14.3 Å². The number of nitrogens with one attached hydrogen (secondary N) is 2. The summed E-state index contributed by atoms with van der Waals surface area (Å²) in [7, 11) is -3.77. The molecule has 10 heteroatoms. The number of hydrogen-bond acceptors (Lipinski definition) is 6. The third-order valence-electron chi connectivity index (χ3n) is 5.73. The lowest BCUT2D eigenvalue weighted by Crippen LogP contribution is -2.46. The van der Waals surface area contributed by atoms with Gasteiger partial charge in [-0.2, -0.15) is 0 Å². The normalized spacial score (nSPS) is 14.4. The van der Waals surface area contributed by atoms with Gasteiger partial charge in [0.2, 0.25) is 0 Å². The molecule has 1 aromatic heterocycles. The Hall–Kier alpha value is -3.79. The van der Waals surface area contributed by atoms with E-state index in [0.717, 1.165) is 0 Å². The van der Waals surface area contributed by atoms with Gasteiger partial charge in [0.25, 0.3) is 21.8 Å². The largest absolute Gasteiger partial charge is 0.494 e. The van der Waals surface area contributed by atoms with Gasteiger partial charge in [0.1, 0.15) is 12.0 Å². The summed E-state index contributed by atoms with van der Waals surface area (Å²) in [6.07, 6.45) is 4.19. The van der Waals surface area contributed by atoms with Crippen LogP contribution in [-0.4, -0.2) is 50.9 Å². The summed E-state index contributed by atoms with van der Waals surface area (Å²) in [5.41, 5.74) is 1.29. The lowest BCUT2D eigenvalue weighted by Gasteiger charge is -2.32. The molecule has 3 aromatic rings. The maximum atomic E-state index is 12.7. The molecule has 4 rings (SSSR count). The molecule has 0 aliphatic carbocycles. The quantitative estimate of drug-likeness (QED) is 0.492. The summed E-state index contributed by atoms with van der Waals surface area (Å²) in [4.78, 5) is 26.9. The maximum Gasteiger partial charge on any atom is 0.261 e. The summed E-state index contributed by atoms with van der Waals surface area (Å²) in [5.74, 6) is 0.273. The number of carbonyl (C=O) groups is 2. The van der Waals surface area contributed by atoms with Gasteiger partial charge in [-0.15, -0.1) is 0 Å². The van der Waals surface area contributed by atoms with Crippen molar-refractivity contribution in [2.75, 3.05) is 24.4 Å². The van der Waals surface area contributed by atoms with Crippen LogP contribution in [0.25, 0.3) is 0 Å². The second-order valence-electron chi connectivity index (χ2n) is 8.14. The first kappa shape index (κ1) is 24.3. The number of nitrogens with zero attached hydrogens (tertiary/aromatic N) is 1. The van der Waals surface area contributed by atoms with Crippen LogP contribution in [0.4, 0.5) is 5.69 Å². The summed E-state index contributed by atoms with van der Waals surface area (Å²) >= 11 is 0. The van der Waals surface area contributed by atoms with Crippen molar-refractivity contribution >= 4 is 27.5 Å². The molecular formula is C25H27N3O6S. The Bertz CT molecular complexity index is 1250. The molecule has 0 unspecified atom stereocenters. The molecule has 2 heterocycles. The number of likely N-dealkylation sites (tertiary alicyclic amines) is 1. The summed E-state index contributed by atoms with van der Waals surface area (Å²) in [6, 6.07) is 14.0. The fourth-order valence-corrected chi connectivity index (χ4v) is 4.91. The second-order valence-corrected chi connectivity index (χ2v) is 9.82. The first-order valence-electron chi connectivity index (χ1n) is 11.3. The fourth-order valence-electron chi connectivity index (χ4n) is 3.85. The van der Waals surface area contributed by atoms with Gasteiger partial charge in [0.15, 0.2) is 0 Å². The van der Waals surface area contributed by atoms with Crippen LogP contribution < -0.4 is 14.8 Å². The minimum Gasteiger partial charge on any atom is -0.494 e. The SMILES string of the molecule is CCOc1ccc(S(=O)(=O)Nc2ccc(C(=O)NC3CCN(C(=O)c4ccoc4)CC3)cc2)cc1. The zero-order chi connectivity index (χ0) is 24.8. The van der Waals surface area contributed by atoms with Crippen molar-refractivity contribution in [3.8, 4) is 5.75 Å². The van der Waals surface area contributed by atoms with Gasteiger partial charge in [0.05, 0.1) is 23.3 Å². The fraction of sp³-hybridized carbons (Fsp3) is 0.280. The van der Waals surface area contributed by atoms with Crippen LogP contribution in [-0.2, 0) is 10.0 Å². The van der Waals surface area contributed by atoms with Gasteiger partial charge in [-0.1, -0.05) is 0 Å². The van der Waals surface area contributed by atoms with Gasteiger partial charge < -0.3 is 19.4 Å². The van der Waals surface area contributed by atoms with E-state index in [4.69, 9.17) is 9.15 Å². The third-order valence-corrected chi connectivity index (χ3v) is 7.13. The monoisotopic (exact) mass is 497 g/mol. The van der Waals surface area contributed by atoms with E-state index in [1.165, 1.54) is 24.7 Å². The average Bonchev–Trinajstić information content (AvgIpc) is 3.40. The molecule has 1 aliphatic heterocycles. The van der Waals surface area contributed by atoms with Crippen molar-refractivity contribution in [1.29, 1.82) is 0 Å². The van der Waals surface area contributed by atoms with E-state index in [0.29, 0.717) is 55.1 Å². The number of piperidine rings is 1. The van der Waals surface area contributed by atoms with Crippen molar-refractivity contribution in [2.45, 2.75) is 30.7 Å². The third kappa shape index (κ3) is 6.02. The Morgan fingerprint density at radius 1 is 1.00 bits per heavy atom. The predicted octanol–water partition coefficient (Wildman–Crippen LogP) is 3.51. The number of ether oxygens (including phenoxy) is 1. The number of sulfonamides is 1. The van der Waals surface area contributed by atoms with Gasteiger partial charge in [-0.25, -0.2) is 8.42 Å². The van der Waals surface area contributed by atoms with Gasteiger partial charge >= 0.3 is 0 Å². The Kier molecular flexibility index (Phi) is 7.40. The smallest absolute Gasteiger partial charge is 0.261 e. The van der Waals surface area contributed by atoms with Crippen LogP contribution in [0.1, 0.15) is 40.5 Å². The summed E-state index contributed by atoms with van der Waals surface area (Å²) < 4.78 is 38.1. The zero-order valence-electron chi connectivity index (χ0n) is 19.3. The highest BCUT2D eigenvalue weighted by atomic mass is 32.2. The maximum absolute atomic E-state index is 12.7. The van der Waals surface area contributed by atoms with Crippen LogP contribution >= 0.6 is 0 Å². The highest BCUT2D eigenvalue weighted by molar-refractivity contribution is 7.92. The number of hydrogen-bond donors (Lipinski definition) is 2. The summed E-state index contributed by atoms with van der Waals surface area (Å²) in [5, 5.41) is 2.99. The topological polar surface area (TPSA) is 118 Å². The number of anilines is 1. The molecule has 0 atom stereocenters. The van der Waals surface area contributed by atoms with Crippen LogP contribution in [0.15, 0.2) is 76.4 Å². The van der Waals surface area contributed by atoms with Gasteiger partial charge in [0, 0.05) is 30.4 Å². The molecule has 9 nitrogen and oxygen atoms in total. The molecule has 2 N–H and O–H groups in total. The van der Waals surface area contributed by atoms with Crippen LogP contribution in [0, 0.1) is 0 Å². The van der Waals surface area contributed by atoms with E-state index in [-0.39, 0.29) is 22.8 Å². The molecule has 1 aliphatic rings. The first-order valence-corrected chi connectivity index (χ1v) is 12.8. The minimum atomic E-state index is -3.77. The lowest BCUT2D eigenvalue weighted by molar-refractivity contribution is 0.0697. The highest BCUT2D eigenvalue weighted by Gasteiger charge is 2.25. The molecule has 0 spiro atoms. The molecule has 1 fully saturated rings. The van der Waals surface area contributed by atoms with E-state index in [9.17, 15) is 18.0 Å². The number of furan rings is 1. The Morgan fingerprint density at radius 2 is 1.69 bits per heavy atom. The molecule has 1 saturated heterocycles. The van der Waals surface area contributed by atoms with Crippen LogP contribution in [0.3, 0.4) is 0 Å². The van der Waals surface area contributed by atoms with E-state index in [1.807, 2.05) is 6.92 Å². The molecule has 0 saturated carbocycles. The number of carbonyl (C=O) groups excluding carboxylic acids is 2. The van der Waals surface area contributed by atoms with Gasteiger partial charge in [-0.05, 0) is 74.4 Å². The Balaban J connectivity index is 1.30. The van der Waals surface area contributed by atoms with Crippen LogP contribution in [0.2, 0.25) is 0 Å². The standard InChI is InChI=1S/C25H27N3O6S/c1-2-34-22-7-9-23(10-8-22)35(31,32)27-21-5-3-18(4-6-21)24(29)26-20-11-14-28(15-12-20)25(30)19-13-16-33-17-19/h3-10,13,16-17,20,27H,2,11-12,14-15H2,1H3,(H,26,29). The highest BCUT2D eigenvalue weighted by Crippen LogP contribution is 2.20.